The minimum atomic E-state index is -2.67. The Morgan fingerprint density at radius 2 is 1.89 bits per heavy atom. The first-order valence-corrected chi connectivity index (χ1v) is 5.93. The molecule has 0 aliphatic carbocycles. The molecule has 0 spiro atoms. The summed E-state index contributed by atoms with van der Waals surface area (Å²) in [6.45, 7) is -5.42. The van der Waals surface area contributed by atoms with Crippen molar-refractivity contribution in [1.82, 2.24) is 9.88 Å². The molecule has 2 rings (SSSR count). The van der Waals surface area contributed by atoms with Crippen LogP contribution < -0.4 is 0 Å². The zero-order valence-electron chi connectivity index (χ0n) is 16.1. The van der Waals surface area contributed by atoms with Gasteiger partial charge in [-0.2, -0.15) is 0 Å². The lowest BCUT2D eigenvalue weighted by Crippen LogP contribution is -2.17. The van der Waals surface area contributed by atoms with Crippen LogP contribution in [-0.2, 0) is 0 Å². The number of hydrogen-bond acceptors (Lipinski definition) is 2. The molecule has 2 nitrogen and oxygen atoms in total. The van der Waals surface area contributed by atoms with Crippen molar-refractivity contribution in [3.8, 4) is 0 Å². The van der Waals surface area contributed by atoms with E-state index < -0.39 is 14.0 Å². The third-order valence-electron chi connectivity index (χ3n) is 2.89. The van der Waals surface area contributed by atoms with Gasteiger partial charge in [-0.05, 0) is 44.6 Å². The van der Waals surface area contributed by atoms with E-state index in [1.165, 1.54) is 0 Å². The van der Waals surface area contributed by atoms with Crippen molar-refractivity contribution in [2.45, 2.75) is 12.3 Å². The molecule has 0 fully saturated rings. The van der Waals surface area contributed by atoms with Crippen molar-refractivity contribution < 1.29 is 8.22 Å². The van der Waals surface area contributed by atoms with Crippen molar-refractivity contribution in [2.24, 2.45) is 0 Å². The van der Waals surface area contributed by atoms with Gasteiger partial charge in [0.1, 0.15) is 0 Å². The molecule has 0 radical (unpaired) electrons. The molecule has 1 aromatic heterocycles. The lowest BCUT2D eigenvalue weighted by molar-refractivity contribution is 0.389. The maximum Gasteiger partial charge on any atom is 0.0478 e. The SMILES string of the molecule is [2H]C([2H])([2H])N(CCC(c1ccccc1)c1ccccn1)C([2H])([2H])[2H]. The summed E-state index contributed by atoms with van der Waals surface area (Å²) in [5.74, 6) is -0.167. The van der Waals surface area contributed by atoms with E-state index in [9.17, 15) is 0 Å². The van der Waals surface area contributed by atoms with E-state index in [2.05, 4.69) is 4.98 Å². The van der Waals surface area contributed by atoms with Crippen LogP contribution in [0.4, 0.5) is 0 Å². The van der Waals surface area contributed by atoms with Crippen molar-refractivity contribution in [3.63, 3.8) is 0 Å². The van der Waals surface area contributed by atoms with Gasteiger partial charge in [0.25, 0.3) is 0 Å². The lowest BCUT2D eigenvalue weighted by Gasteiger charge is -2.19. The molecule has 0 N–H and O–H groups in total. The number of benzene rings is 1. The van der Waals surface area contributed by atoms with Gasteiger partial charge in [-0.1, -0.05) is 36.4 Å². The molecule has 94 valence electrons. The third kappa shape index (κ3) is 3.41. The third-order valence-corrected chi connectivity index (χ3v) is 2.89. The quantitative estimate of drug-likeness (QED) is 0.805. The summed E-state index contributed by atoms with van der Waals surface area (Å²) < 4.78 is 44.9. The number of rotatable bonds is 5. The molecule has 1 unspecified atom stereocenters. The highest BCUT2D eigenvalue weighted by Crippen LogP contribution is 2.26. The maximum absolute atomic E-state index is 7.48. The van der Waals surface area contributed by atoms with Gasteiger partial charge in [0, 0.05) is 26.0 Å². The topological polar surface area (TPSA) is 16.1 Å². The Hall–Kier alpha value is -1.67. The highest BCUT2D eigenvalue weighted by molar-refractivity contribution is 5.28. The van der Waals surface area contributed by atoms with Gasteiger partial charge in [0.05, 0.1) is 0 Å². The fourth-order valence-corrected chi connectivity index (χ4v) is 2.01. The molecule has 1 heterocycles. The van der Waals surface area contributed by atoms with Crippen LogP contribution in [0.15, 0.2) is 54.7 Å². The van der Waals surface area contributed by atoms with E-state index in [1.54, 1.807) is 6.20 Å². The minimum Gasteiger partial charge on any atom is -0.309 e. The van der Waals surface area contributed by atoms with E-state index in [-0.39, 0.29) is 12.5 Å². The molecule has 0 aliphatic rings. The van der Waals surface area contributed by atoms with E-state index in [0.29, 0.717) is 11.3 Å². The van der Waals surface area contributed by atoms with E-state index in [1.807, 2.05) is 48.5 Å². The standard InChI is InChI=1S/C16H20N2/c1-18(2)13-11-15(14-8-4-3-5-9-14)16-10-6-7-12-17-16/h3-10,12,15H,11,13H2,1-2H3/i1D3,2D3. The van der Waals surface area contributed by atoms with Gasteiger partial charge in [-0.3, -0.25) is 4.98 Å². The summed E-state index contributed by atoms with van der Waals surface area (Å²) in [4.78, 5) is 4.95. The summed E-state index contributed by atoms with van der Waals surface area (Å²) in [6.07, 6.45) is 2.02. The van der Waals surface area contributed by atoms with Crippen LogP contribution in [0, 0.1) is 0 Å². The Morgan fingerprint density at radius 1 is 1.11 bits per heavy atom. The first kappa shape index (κ1) is 7.05. The van der Waals surface area contributed by atoms with Crippen LogP contribution in [0.1, 0.15) is 31.8 Å². The number of aromatic nitrogens is 1. The number of pyridine rings is 1. The minimum absolute atomic E-state index is 0.0802. The highest BCUT2D eigenvalue weighted by Gasteiger charge is 2.14. The maximum atomic E-state index is 7.48. The summed E-state index contributed by atoms with van der Waals surface area (Å²) in [6, 6.07) is 15.1. The first-order valence-electron chi connectivity index (χ1n) is 8.93. The number of hydrogen-bond donors (Lipinski definition) is 0. The average molecular weight is 246 g/mol. The number of nitrogens with zero attached hydrogens (tertiary/aromatic N) is 2. The van der Waals surface area contributed by atoms with Crippen molar-refractivity contribution >= 4 is 0 Å². The highest BCUT2D eigenvalue weighted by atomic mass is 15.0. The lowest BCUT2D eigenvalue weighted by atomic mass is 9.92. The second kappa shape index (κ2) is 6.31. The summed E-state index contributed by atoms with van der Waals surface area (Å²) in [5.41, 5.74) is 1.77. The first-order chi connectivity index (χ1) is 11.2. The molecule has 0 amide bonds. The Bertz CT molecular complexity index is 571. The molecule has 0 saturated heterocycles. The largest absolute Gasteiger partial charge is 0.309 e. The van der Waals surface area contributed by atoms with E-state index in [4.69, 9.17) is 8.22 Å². The molecular formula is C16H20N2. The molecule has 1 aromatic carbocycles. The second-order valence-corrected chi connectivity index (χ2v) is 4.16. The van der Waals surface area contributed by atoms with Gasteiger partial charge in [-0.15, -0.1) is 0 Å². The second-order valence-electron chi connectivity index (χ2n) is 4.16. The monoisotopic (exact) mass is 246 g/mol. The Morgan fingerprint density at radius 3 is 2.56 bits per heavy atom. The van der Waals surface area contributed by atoms with Crippen LogP contribution in [0.3, 0.4) is 0 Å². The van der Waals surface area contributed by atoms with Gasteiger partial charge in [-0.25, -0.2) is 0 Å². The van der Waals surface area contributed by atoms with Crippen LogP contribution in [-0.4, -0.2) is 30.4 Å². The molecule has 18 heavy (non-hydrogen) atoms. The molecule has 2 heteroatoms. The van der Waals surface area contributed by atoms with Crippen LogP contribution >= 0.6 is 0 Å². The van der Waals surface area contributed by atoms with Crippen molar-refractivity contribution in [2.75, 3.05) is 20.5 Å². The molecule has 0 aliphatic heterocycles. The van der Waals surface area contributed by atoms with Gasteiger partial charge < -0.3 is 4.90 Å². The van der Waals surface area contributed by atoms with Gasteiger partial charge in [0.15, 0.2) is 0 Å². The Balaban J connectivity index is 2.26. The van der Waals surface area contributed by atoms with Crippen LogP contribution in [0.5, 0.6) is 0 Å². The normalized spacial score (nSPS) is 18.9. The van der Waals surface area contributed by atoms with Crippen LogP contribution in [0.25, 0.3) is 0 Å². The Kier molecular flexibility index (Phi) is 2.47. The van der Waals surface area contributed by atoms with Crippen LogP contribution in [0.2, 0.25) is 0 Å². The fraction of sp³-hybridized carbons (Fsp3) is 0.312. The summed E-state index contributed by atoms with van der Waals surface area (Å²) in [5, 5.41) is 0. The molecule has 2 aromatic rings. The van der Waals surface area contributed by atoms with Crippen molar-refractivity contribution in [3.05, 3.63) is 66.0 Å². The summed E-state index contributed by atoms with van der Waals surface area (Å²) in [7, 11) is 0. The van der Waals surface area contributed by atoms with E-state index >= 15 is 0 Å². The summed E-state index contributed by atoms with van der Waals surface area (Å²) >= 11 is 0. The average Bonchev–Trinajstić information content (AvgIpc) is 2.51. The predicted molar refractivity (Wildman–Crippen MR) is 75.7 cm³/mol. The van der Waals surface area contributed by atoms with Gasteiger partial charge >= 0.3 is 0 Å². The molecule has 1 atom stereocenters. The smallest absolute Gasteiger partial charge is 0.0478 e. The zero-order chi connectivity index (χ0) is 17.8. The fourth-order valence-electron chi connectivity index (χ4n) is 2.01. The van der Waals surface area contributed by atoms with Gasteiger partial charge in [0.2, 0.25) is 0 Å². The molecule has 0 saturated carbocycles. The molecule has 0 bridgehead atoms. The Labute approximate surface area is 118 Å². The zero-order valence-corrected chi connectivity index (χ0v) is 10.1. The van der Waals surface area contributed by atoms with E-state index in [0.717, 1.165) is 11.3 Å². The predicted octanol–water partition coefficient (Wildman–Crippen LogP) is 3.17. The molecular weight excluding hydrogens is 220 g/mol. The van der Waals surface area contributed by atoms with Crippen molar-refractivity contribution in [1.29, 1.82) is 0 Å².